The van der Waals surface area contributed by atoms with Gasteiger partial charge in [-0.15, -0.1) is 0 Å². The second-order valence-electron chi connectivity index (χ2n) is 6.48. The Kier molecular flexibility index (Phi) is 4.81. The maximum atomic E-state index is 11.5. The molecule has 112 valence electrons. The maximum absolute atomic E-state index is 11.5. The first kappa shape index (κ1) is 16.5. The van der Waals surface area contributed by atoms with Crippen molar-refractivity contribution in [1.29, 1.82) is 0 Å². The van der Waals surface area contributed by atoms with Crippen LogP contribution in [-0.2, 0) is 10.2 Å². The van der Waals surface area contributed by atoms with Gasteiger partial charge in [-0.05, 0) is 37.9 Å². The third-order valence-corrected chi connectivity index (χ3v) is 3.56. The van der Waals surface area contributed by atoms with Crippen LogP contribution in [0.1, 0.15) is 38.8 Å². The number of primary amides is 1. The smallest absolute Gasteiger partial charge is 0.240 e. The number of amides is 1. The molecule has 0 radical (unpaired) electrons. The summed E-state index contributed by atoms with van der Waals surface area (Å²) < 4.78 is 5.87. The van der Waals surface area contributed by atoms with E-state index >= 15 is 0 Å². The van der Waals surface area contributed by atoms with E-state index < -0.39 is 11.4 Å². The quantitative estimate of drug-likeness (QED) is 0.867. The van der Waals surface area contributed by atoms with Crippen molar-refractivity contribution in [3.8, 4) is 5.75 Å². The Labute approximate surface area is 121 Å². The van der Waals surface area contributed by atoms with Crippen molar-refractivity contribution in [1.82, 2.24) is 5.32 Å². The Morgan fingerprint density at radius 3 is 2.35 bits per heavy atom. The second-order valence-corrected chi connectivity index (χ2v) is 6.48. The monoisotopic (exact) mass is 278 g/mol. The molecular weight excluding hydrogens is 252 g/mol. The first-order chi connectivity index (χ1) is 9.10. The summed E-state index contributed by atoms with van der Waals surface area (Å²) in [5, 5.41) is 2.92. The topological polar surface area (TPSA) is 64.3 Å². The summed E-state index contributed by atoms with van der Waals surface area (Å²) in [5.41, 5.74) is 6.83. The van der Waals surface area contributed by atoms with Crippen molar-refractivity contribution in [3.63, 3.8) is 0 Å². The molecule has 3 N–H and O–H groups in total. The second kappa shape index (κ2) is 5.83. The fraction of sp³-hybridized carbons (Fsp3) is 0.562. The summed E-state index contributed by atoms with van der Waals surface area (Å²) in [6.07, 6.45) is 0. The van der Waals surface area contributed by atoms with E-state index in [1.165, 1.54) is 5.56 Å². The highest BCUT2D eigenvalue weighted by atomic mass is 16.5. The minimum Gasteiger partial charge on any atom is -0.491 e. The average molecular weight is 278 g/mol. The molecular formula is C16H26N2O2. The summed E-state index contributed by atoms with van der Waals surface area (Å²) in [6.45, 7) is 10.4. The predicted octanol–water partition coefficient (Wildman–Crippen LogP) is 2.13. The van der Waals surface area contributed by atoms with E-state index in [-0.39, 0.29) is 12.0 Å². The van der Waals surface area contributed by atoms with E-state index in [2.05, 4.69) is 39.1 Å². The van der Waals surface area contributed by atoms with Crippen LogP contribution in [0.5, 0.6) is 5.75 Å². The Balaban J connectivity index is 3.02. The van der Waals surface area contributed by atoms with Crippen LogP contribution in [0, 0.1) is 6.92 Å². The minimum atomic E-state index is -0.875. The van der Waals surface area contributed by atoms with Crippen LogP contribution in [0.4, 0.5) is 0 Å². The van der Waals surface area contributed by atoms with Gasteiger partial charge in [-0.3, -0.25) is 4.79 Å². The van der Waals surface area contributed by atoms with Crippen molar-refractivity contribution in [2.24, 2.45) is 5.73 Å². The van der Waals surface area contributed by atoms with Crippen molar-refractivity contribution in [2.75, 3.05) is 13.7 Å². The number of likely N-dealkylation sites (N-methyl/N-ethyl adjacent to an activating group) is 1. The van der Waals surface area contributed by atoms with E-state index in [0.717, 1.165) is 11.3 Å². The normalized spacial score (nSPS) is 14.7. The molecule has 0 aliphatic rings. The molecule has 0 aromatic heterocycles. The fourth-order valence-electron chi connectivity index (χ4n) is 1.84. The molecule has 1 rings (SSSR count). The molecule has 1 atom stereocenters. The Bertz CT molecular complexity index is 492. The van der Waals surface area contributed by atoms with Crippen LogP contribution in [0.25, 0.3) is 0 Å². The molecule has 0 spiro atoms. The highest BCUT2D eigenvalue weighted by Gasteiger charge is 2.31. The SMILES string of the molecule is CNC(C)(COc1ccc(C)cc1C(C)(C)C)C(N)=O. The third kappa shape index (κ3) is 3.73. The van der Waals surface area contributed by atoms with Gasteiger partial charge in [-0.1, -0.05) is 38.5 Å². The van der Waals surface area contributed by atoms with Crippen molar-refractivity contribution < 1.29 is 9.53 Å². The van der Waals surface area contributed by atoms with Crippen LogP contribution in [0.15, 0.2) is 18.2 Å². The number of aryl methyl sites for hydroxylation is 1. The lowest BCUT2D eigenvalue weighted by Crippen LogP contribution is -2.55. The number of benzene rings is 1. The minimum absolute atomic E-state index is 0.0237. The van der Waals surface area contributed by atoms with Crippen molar-refractivity contribution >= 4 is 5.91 Å². The van der Waals surface area contributed by atoms with E-state index in [9.17, 15) is 4.79 Å². The Hall–Kier alpha value is -1.55. The average Bonchev–Trinajstić information content (AvgIpc) is 2.35. The lowest BCUT2D eigenvalue weighted by atomic mass is 9.85. The van der Waals surface area contributed by atoms with Crippen LogP contribution >= 0.6 is 0 Å². The molecule has 1 aromatic rings. The first-order valence-electron chi connectivity index (χ1n) is 6.83. The molecule has 0 saturated carbocycles. The van der Waals surface area contributed by atoms with Crippen LogP contribution < -0.4 is 15.8 Å². The van der Waals surface area contributed by atoms with E-state index in [4.69, 9.17) is 10.5 Å². The number of carbonyl (C=O) groups excluding carboxylic acids is 1. The predicted molar refractivity (Wildman–Crippen MR) is 82.0 cm³/mol. The van der Waals surface area contributed by atoms with Gasteiger partial charge < -0.3 is 15.8 Å². The molecule has 0 bridgehead atoms. The highest BCUT2D eigenvalue weighted by Crippen LogP contribution is 2.32. The summed E-state index contributed by atoms with van der Waals surface area (Å²) >= 11 is 0. The zero-order chi connectivity index (χ0) is 15.6. The van der Waals surface area contributed by atoms with E-state index in [0.29, 0.717) is 0 Å². The number of nitrogens with one attached hydrogen (secondary N) is 1. The molecule has 0 saturated heterocycles. The molecule has 0 heterocycles. The van der Waals surface area contributed by atoms with Crippen LogP contribution in [0.3, 0.4) is 0 Å². The summed E-state index contributed by atoms with van der Waals surface area (Å²) in [6, 6.07) is 6.08. The molecule has 0 aliphatic heterocycles. The summed E-state index contributed by atoms with van der Waals surface area (Å²) in [7, 11) is 1.70. The van der Waals surface area contributed by atoms with Gasteiger partial charge >= 0.3 is 0 Å². The van der Waals surface area contributed by atoms with Gasteiger partial charge in [0.25, 0.3) is 0 Å². The molecule has 1 aromatic carbocycles. The molecule has 4 heteroatoms. The number of hydrogen-bond donors (Lipinski definition) is 2. The van der Waals surface area contributed by atoms with Gasteiger partial charge in [-0.2, -0.15) is 0 Å². The maximum Gasteiger partial charge on any atom is 0.240 e. The van der Waals surface area contributed by atoms with Crippen LogP contribution in [-0.4, -0.2) is 25.1 Å². The lowest BCUT2D eigenvalue weighted by molar-refractivity contribution is -0.124. The van der Waals surface area contributed by atoms with Crippen molar-refractivity contribution in [3.05, 3.63) is 29.3 Å². The van der Waals surface area contributed by atoms with Gasteiger partial charge in [0.2, 0.25) is 5.91 Å². The molecule has 20 heavy (non-hydrogen) atoms. The zero-order valence-electron chi connectivity index (χ0n) is 13.3. The zero-order valence-corrected chi connectivity index (χ0v) is 13.3. The largest absolute Gasteiger partial charge is 0.491 e. The highest BCUT2D eigenvalue weighted by molar-refractivity contribution is 5.84. The van der Waals surface area contributed by atoms with Crippen molar-refractivity contribution in [2.45, 2.75) is 45.6 Å². The standard InChI is InChI=1S/C16H26N2O2/c1-11-7-8-13(12(9-11)15(2,3)4)20-10-16(5,18-6)14(17)19/h7-9,18H,10H2,1-6H3,(H2,17,19). The summed E-state index contributed by atoms with van der Waals surface area (Å²) in [5.74, 6) is 0.371. The fourth-order valence-corrected chi connectivity index (χ4v) is 1.84. The third-order valence-electron chi connectivity index (χ3n) is 3.56. The molecule has 1 amide bonds. The number of carbonyl (C=O) groups is 1. The summed E-state index contributed by atoms with van der Waals surface area (Å²) in [4.78, 5) is 11.5. The van der Waals surface area contributed by atoms with Crippen LogP contribution in [0.2, 0.25) is 0 Å². The number of hydrogen-bond acceptors (Lipinski definition) is 3. The number of ether oxygens (including phenoxy) is 1. The van der Waals surface area contributed by atoms with E-state index in [1.807, 2.05) is 12.1 Å². The Morgan fingerprint density at radius 1 is 1.30 bits per heavy atom. The lowest BCUT2D eigenvalue weighted by Gasteiger charge is -2.28. The Morgan fingerprint density at radius 2 is 1.90 bits per heavy atom. The number of rotatable bonds is 5. The van der Waals surface area contributed by atoms with Gasteiger partial charge in [0.05, 0.1) is 0 Å². The first-order valence-corrected chi connectivity index (χ1v) is 6.83. The van der Waals surface area contributed by atoms with Gasteiger partial charge in [0, 0.05) is 0 Å². The van der Waals surface area contributed by atoms with Gasteiger partial charge in [0.1, 0.15) is 17.9 Å². The van der Waals surface area contributed by atoms with Gasteiger partial charge in [-0.25, -0.2) is 0 Å². The molecule has 0 aliphatic carbocycles. The van der Waals surface area contributed by atoms with Gasteiger partial charge in [0.15, 0.2) is 0 Å². The number of nitrogens with two attached hydrogens (primary N) is 1. The molecule has 1 unspecified atom stereocenters. The molecule has 4 nitrogen and oxygen atoms in total. The van der Waals surface area contributed by atoms with E-state index in [1.54, 1.807) is 14.0 Å². The molecule has 0 fully saturated rings.